The maximum Gasteiger partial charge on any atom is 1.00 e. The molecule has 0 aromatic heterocycles. The van der Waals surface area contributed by atoms with Crippen LogP contribution in [0.2, 0.25) is 0 Å². The van der Waals surface area contributed by atoms with Crippen molar-refractivity contribution in [3.63, 3.8) is 0 Å². The number of rotatable bonds is 12. The molecule has 52 heavy (non-hydrogen) atoms. The molecule has 3 heterocycles. The van der Waals surface area contributed by atoms with Gasteiger partial charge in [0.25, 0.3) is 0 Å². The molecule has 0 saturated carbocycles. The summed E-state index contributed by atoms with van der Waals surface area (Å²) in [6.07, 6.45) is 7.15. The van der Waals surface area contributed by atoms with Crippen molar-refractivity contribution in [3.05, 3.63) is 77.0 Å². The topological polar surface area (TPSA) is 170 Å². The molecule has 0 amide bonds. The minimum absolute atomic E-state index is 0. The van der Waals surface area contributed by atoms with Crippen LogP contribution in [0.3, 0.4) is 0 Å². The van der Waals surface area contributed by atoms with Crippen LogP contribution in [0.1, 0.15) is 95.1 Å². The number of ether oxygens (including phenoxy) is 2. The van der Waals surface area contributed by atoms with E-state index in [9.17, 15) is 35.5 Å². The summed E-state index contributed by atoms with van der Waals surface area (Å²) in [6, 6.07) is 10.5. The van der Waals surface area contributed by atoms with Crippen molar-refractivity contribution < 1.29 is 101 Å². The fraction of sp³-hybridized carbons (Fsp3) is 0.486. The van der Waals surface area contributed by atoms with E-state index in [4.69, 9.17) is 9.47 Å². The van der Waals surface area contributed by atoms with Crippen LogP contribution in [-0.4, -0.2) is 79.0 Å². The summed E-state index contributed by atoms with van der Waals surface area (Å²) in [5.41, 5.74) is 3.62. The van der Waals surface area contributed by atoms with E-state index in [0.29, 0.717) is 48.6 Å². The van der Waals surface area contributed by atoms with Crippen molar-refractivity contribution in [1.82, 2.24) is 4.48 Å². The van der Waals surface area contributed by atoms with Gasteiger partial charge in [-0.15, -0.1) is 0 Å². The van der Waals surface area contributed by atoms with E-state index in [2.05, 4.69) is 4.58 Å². The Kier molecular flexibility index (Phi) is 13.1. The Bertz CT molecular complexity index is 2070. The molecule has 2 aromatic rings. The molecule has 1 fully saturated rings. The van der Waals surface area contributed by atoms with Gasteiger partial charge in [0.15, 0.2) is 21.2 Å². The van der Waals surface area contributed by atoms with Crippen LogP contribution in [0, 0.1) is 0 Å². The zero-order valence-corrected chi connectivity index (χ0v) is 35.7. The maximum atomic E-state index is 12.9. The third-order valence-corrected chi connectivity index (χ3v) is 12.4. The smallest absolute Gasteiger partial charge is 0.748 e. The van der Waals surface area contributed by atoms with Gasteiger partial charge in [-0.3, -0.25) is 4.79 Å². The van der Waals surface area contributed by atoms with Crippen molar-refractivity contribution in [2.75, 3.05) is 25.4 Å². The van der Waals surface area contributed by atoms with Gasteiger partial charge in [-0.2, -0.15) is 4.58 Å². The summed E-state index contributed by atoms with van der Waals surface area (Å²) in [4.78, 5) is 24.8. The van der Waals surface area contributed by atoms with Crippen LogP contribution in [0.5, 0.6) is 5.75 Å². The summed E-state index contributed by atoms with van der Waals surface area (Å²) >= 11 is 0. The first-order valence-electron chi connectivity index (χ1n) is 17.3. The predicted molar refractivity (Wildman–Crippen MR) is 191 cm³/mol. The fourth-order valence-electron chi connectivity index (χ4n) is 8.07. The van der Waals surface area contributed by atoms with Gasteiger partial charge >= 0.3 is 63.3 Å². The van der Waals surface area contributed by atoms with Gasteiger partial charge in [-0.25, -0.2) is 26.1 Å². The molecule has 12 nitrogen and oxygen atoms in total. The molecule has 15 heteroatoms. The molecule has 0 N–H and O–H groups in total. The monoisotopic (exact) mass is 781 g/mol. The Balaban J connectivity index is 0.00000605. The average molecular weight is 782 g/mol. The van der Waals surface area contributed by atoms with Gasteiger partial charge in [0.1, 0.15) is 23.7 Å². The standard InChI is InChI=1S/C37H46N2O10S2.K/c1-7-34(40)49-26-17-18-29-27(24-26)36(3,4)31(38(29)20-9-10-22-50(42,43)44)13-11-14-32-37(5,6)28-23-25(35(41)48-8-2)16-19-30(28)39(32)21-12-15-33(39)51(45,46)47;/h11,13-14,16-19,23-24,33H,7-10,12,15,20-22H2,1-6H3;/q;+1/b13-11?,32-14+;. The van der Waals surface area contributed by atoms with Crippen LogP contribution in [-0.2, 0) is 40.6 Å². The number of fused-ring (bicyclic) bond motifs is 3. The molecule has 2 atom stereocenters. The van der Waals surface area contributed by atoms with E-state index in [0.717, 1.165) is 22.5 Å². The van der Waals surface area contributed by atoms with E-state index in [1.54, 1.807) is 38.1 Å². The van der Waals surface area contributed by atoms with Crippen LogP contribution in [0.4, 0.5) is 11.4 Å². The molecule has 276 valence electrons. The molecule has 1 saturated heterocycles. The number of hydrogen-bond acceptors (Lipinski definition) is 10. The molecule has 2 unspecified atom stereocenters. The van der Waals surface area contributed by atoms with E-state index < -0.39 is 48.2 Å². The van der Waals surface area contributed by atoms with Crippen molar-refractivity contribution in [2.45, 2.75) is 89.9 Å². The molecule has 0 aliphatic carbocycles. The third kappa shape index (κ3) is 8.14. The van der Waals surface area contributed by atoms with Gasteiger partial charge in [0.05, 0.1) is 39.7 Å². The summed E-state index contributed by atoms with van der Waals surface area (Å²) in [7, 11) is -9.12. The molecule has 1 spiro atoms. The summed E-state index contributed by atoms with van der Waals surface area (Å²) < 4.78 is 85.2. The quantitative estimate of drug-likeness (QED) is 0.0593. The molecule has 0 bridgehead atoms. The molecule has 0 radical (unpaired) electrons. The molecule has 3 aliphatic heterocycles. The van der Waals surface area contributed by atoms with E-state index in [-0.39, 0.29) is 87.7 Å². The van der Waals surface area contributed by atoms with Gasteiger partial charge in [0.2, 0.25) is 5.69 Å². The summed E-state index contributed by atoms with van der Waals surface area (Å²) in [5, 5.41) is -1.25. The predicted octanol–water partition coefficient (Wildman–Crippen LogP) is 2.29. The first-order chi connectivity index (χ1) is 23.8. The Morgan fingerprint density at radius 3 is 2.33 bits per heavy atom. The van der Waals surface area contributed by atoms with Crippen molar-refractivity contribution in [2.24, 2.45) is 0 Å². The van der Waals surface area contributed by atoms with Crippen LogP contribution in [0.25, 0.3) is 0 Å². The molecule has 5 rings (SSSR count). The van der Waals surface area contributed by atoms with E-state index in [1.165, 1.54) is 0 Å². The van der Waals surface area contributed by atoms with Crippen LogP contribution < -0.4 is 60.6 Å². The maximum absolute atomic E-state index is 12.9. The largest absolute Gasteiger partial charge is 1.00 e. The van der Waals surface area contributed by atoms with Gasteiger partial charge in [0, 0.05) is 60.8 Å². The number of benzene rings is 2. The van der Waals surface area contributed by atoms with Crippen LogP contribution in [0.15, 0.2) is 60.3 Å². The fourth-order valence-corrected chi connectivity index (χ4v) is 9.86. The number of nitrogens with zero attached hydrogens (tertiary/aromatic N) is 2. The number of carbonyl (C=O) groups excluding carboxylic acids is 2. The van der Waals surface area contributed by atoms with E-state index in [1.807, 2.05) is 58.1 Å². The summed E-state index contributed by atoms with van der Waals surface area (Å²) in [5.74, 6) is -0.938. The number of quaternary nitrogens is 1. The normalized spacial score (nSPS) is 22.5. The molecular weight excluding hydrogens is 736 g/mol. The van der Waals surface area contributed by atoms with Crippen molar-refractivity contribution >= 4 is 49.3 Å². The number of allylic oxidation sites excluding steroid dienone is 4. The molecular formula is C37H46KN2O10S2+. The Morgan fingerprint density at radius 1 is 0.981 bits per heavy atom. The minimum Gasteiger partial charge on any atom is -0.748 e. The Hall–Kier alpha value is -2.05. The average Bonchev–Trinajstić information content (AvgIpc) is 3.64. The first-order valence-corrected chi connectivity index (χ1v) is 20.3. The number of hydrogen-bond donors (Lipinski definition) is 0. The summed E-state index contributed by atoms with van der Waals surface area (Å²) in [6.45, 7) is 12.4. The Labute approximate surface area is 349 Å². The van der Waals surface area contributed by atoms with Crippen molar-refractivity contribution in [3.8, 4) is 5.75 Å². The number of unbranched alkanes of at least 4 members (excludes halogenated alkanes) is 1. The SMILES string of the molecule is CCOC(=O)c1ccc2c(c1)C(C)(C)/C(=C\C=CC1=[N+](CCCCS(=O)(=O)[O-])c3ccc(OC(=O)CC)cc3C1(C)C)[N+]21CCCC1S(=O)(=O)[O-].[K+]. The minimum atomic E-state index is -4.75. The van der Waals surface area contributed by atoms with Crippen LogP contribution >= 0.6 is 0 Å². The zero-order chi connectivity index (χ0) is 37.6. The van der Waals surface area contributed by atoms with Gasteiger partial charge in [-0.1, -0.05) is 13.0 Å². The van der Waals surface area contributed by atoms with Gasteiger partial charge in [-0.05, 0) is 71.4 Å². The zero-order valence-electron chi connectivity index (χ0n) is 30.9. The molecule has 3 aliphatic rings. The second-order valence-corrected chi connectivity index (χ2v) is 17.4. The third-order valence-electron chi connectivity index (χ3n) is 10.4. The number of carbonyl (C=O) groups is 2. The second-order valence-electron chi connectivity index (χ2n) is 14.3. The molecule has 2 aromatic carbocycles. The second kappa shape index (κ2) is 16.0. The van der Waals surface area contributed by atoms with Gasteiger partial charge < -0.3 is 18.6 Å². The first kappa shape index (κ1) is 42.7. The number of esters is 2. The Morgan fingerprint density at radius 2 is 1.69 bits per heavy atom. The van der Waals surface area contributed by atoms with E-state index >= 15 is 0 Å². The van der Waals surface area contributed by atoms with Crippen molar-refractivity contribution in [1.29, 1.82) is 0 Å².